The van der Waals surface area contributed by atoms with Crippen LogP contribution in [0.25, 0.3) is 0 Å². The van der Waals surface area contributed by atoms with Crippen LogP contribution in [0.5, 0.6) is 5.75 Å². The van der Waals surface area contributed by atoms with Crippen molar-refractivity contribution < 1.29 is 14.3 Å². The van der Waals surface area contributed by atoms with Gasteiger partial charge in [0.15, 0.2) is 0 Å². The van der Waals surface area contributed by atoms with Gasteiger partial charge in [0.1, 0.15) is 5.75 Å². The second-order valence-electron chi connectivity index (χ2n) is 5.62. The van der Waals surface area contributed by atoms with Gasteiger partial charge in [0, 0.05) is 12.1 Å². The van der Waals surface area contributed by atoms with E-state index < -0.39 is 0 Å². The van der Waals surface area contributed by atoms with Crippen LogP contribution in [0, 0.1) is 5.92 Å². The van der Waals surface area contributed by atoms with Gasteiger partial charge in [-0.3, -0.25) is 9.59 Å². The molecule has 4 nitrogen and oxygen atoms in total. The lowest BCUT2D eigenvalue weighted by Gasteiger charge is -2.21. The molecule has 1 amide bonds. The van der Waals surface area contributed by atoms with Crippen molar-refractivity contribution in [1.29, 1.82) is 0 Å². The van der Waals surface area contributed by atoms with Crippen LogP contribution in [0.15, 0.2) is 18.2 Å². The zero-order valence-corrected chi connectivity index (χ0v) is 11.5. The number of esters is 1. The van der Waals surface area contributed by atoms with Crippen molar-refractivity contribution in [1.82, 2.24) is 0 Å². The number of nitrogens with one attached hydrogen (secondary N) is 1. The van der Waals surface area contributed by atoms with Crippen LogP contribution >= 0.6 is 0 Å². The summed E-state index contributed by atoms with van der Waals surface area (Å²) in [7, 11) is 0. The first kappa shape index (κ1) is 13.2. The highest BCUT2D eigenvalue weighted by Gasteiger charge is 2.23. The summed E-state index contributed by atoms with van der Waals surface area (Å²) in [6, 6.07) is 5.44. The molecule has 1 N–H and O–H groups in total. The van der Waals surface area contributed by atoms with Crippen molar-refractivity contribution in [3.8, 4) is 5.75 Å². The summed E-state index contributed by atoms with van der Waals surface area (Å²) < 4.78 is 5.50. The molecule has 0 spiro atoms. The maximum atomic E-state index is 12.1. The summed E-state index contributed by atoms with van der Waals surface area (Å²) in [6.07, 6.45) is 6.55. The van der Waals surface area contributed by atoms with Crippen LogP contribution in [0.3, 0.4) is 0 Å². The minimum atomic E-state index is -0.107. The fourth-order valence-electron chi connectivity index (χ4n) is 2.96. The summed E-state index contributed by atoms with van der Waals surface area (Å²) in [6.45, 7) is 0. The van der Waals surface area contributed by atoms with E-state index in [1.807, 2.05) is 12.1 Å². The monoisotopic (exact) mass is 273 g/mol. The quantitative estimate of drug-likeness (QED) is 0.665. The molecule has 3 rings (SSSR count). The number of hydrogen-bond acceptors (Lipinski definition) is 3. The lowest BCUT2D eigenvalue weighted by atomic mass is 9.89. The molecule has 0 bridgehead atoms. The molecule has 4 heteroatoms. The van der Waals surface area contributed by atoms with Crippen molar-refractivity contribution in [2.45, 2.75) is 44.9 Å². The highest BCUT2D eigenvalue weighted by molar-refractivity contribution is 5.94. The van der Waals surface area contributed by atoms with Crippen molar-refractivity contribution in [3.63, 3.8) is 0 Å². The van der Waals surface area contributed by atoms with Gasteiger partial charge >= 0.3 is 5.97 Å². The predicted octanol–water partition coefficient (Wildman–Crippen LogP) is 3.06. The second-order valence-corrected chi connectivity index (χ2v) is 5.62. The Morgan fingerprint density at radius 2 is 1.95 bits per heavy atom. The number of rotatable bonds is 2. The highest BCUT2D eigenvalue weighted by atomic mass is 16.5. The highest BCUT2D eigenvalue weighted by Crippen LogP contribution is 2.29. The van der Waals surface area contributed by atoms with E-state index in [2.05, 4.69) is 5.32 Å². The van der Waals surface area contributed by atoms with Gasteiger partial charge in [-0.15, -0.1) is 0 Å². The normalized spacial score (nSPS) is 19.1. The number of ether oxygens (including phenoxy) is 1. The smallest absolute Gasteiger partial charge is 0.314 e. The third-order valence-electron chi connectivity index (χ3n) is 4.13. The van der Waals surface area contributed by atoms with Crippen LogP contribution in [-0.4, -0.2) is 11.9 Å². The molecular weight excluding hydrogens is 254 g/mol. The van der Waals surface area contributed by atoms with E-state index >= 15 is 0 Å². The minimum Gasteiger partial charge on any atom is -0.426 e. The van der Waals surface area contributed by atoms with Crippen molar-refractivity contribution in [2.24, 2.45) is 5.92 Å². The van der Waals surface area contributed by atoms with Crippen LogP contribution in [0.4, 0.5) is 5.69 Å². The van der Waals surface area contributed by atoms with Gasteiger partial charge in [-0.05, 0) is 43.0 Å². The molecule has 0 atom stereocenters. The summed E-state index contributed by atoms with van der Waals surface area (Å²) >= 11 is 0. The number of amides is 1. The molecule has 1 fully saturated rings. The maximum absolute atomic E-state index is 12.1. The topological polar surface area (TPSA) is 55.4 Å². The summed E-state index contributed by atoms with van der Waals surface area (Å²) in [5.74, 6) is 0.587. The predicted molar refractivity (Wildman–Crippen MR) is 75.6 cm³/mol. The number of benzene rings is 1. The summed E-state index contributed by atoms with van der Waals surface area (Å²) in [4.78, 5) is 23.4. The fourth-order valence-corrected chi connectivity index (χ4v) is 2.96. The van der Waals surface area contributed by atoms with E-state index in [9.17, 15) is 9.59 Å². The standard InChI is InChI=1S/C16H19NO3/c18-15-9-6-12-10-13(7-8-14(12)17-15)20-16(19)11-4-2-1-3-5-11/h7-8,10-11H,1-6,9H2,(H,17,18). The largest absolute Gasteiger partial charge is 0.426 e. The first-order valence-corrected chi connectivity index (χ1v) is 7.37. The average molecular weight is 273 g/mol. The van der Waals surface area contributed by atoms with E-state index in [1.54, 1.807) is 6.07 Å². The molecule has 1 aliphatic carbocycles. The molecule has 0 unspecified atom stereocenters. The van der Waals surface area contributed by atoms with Gasteiger partial charge in [-0.1, -0.05) is 19.3 Å². The van der Waals surface area contributed by atoms with Crippen LogP contribution in [0.1, 0.15) is 44.1 Å². The molecule has 20 heavy (non-hydrogen) atoms. The Kier molecular flexibility index (Phi) is 3.72. The molecule has 1 aromatic rings. The number of anilines is 1. The Bertz CT molecular complexity index is 533. The average Bonchev–Trinajstić information content (AvgIpc) is 2.48. The van der Waals surface area contributed by atoms with Gasteiger partial charge in [0.25, 0.3) is 0 Å². The number of carbonyl (C=O) groups excluding carboxylic acids is 2. The Balaban J connectivity index is 1.68. The molecule has 0 aromatic heterocycles. The molecule has 0 radical (unpaired) electrons. The molecule has 1 heterocycles. The molecule has 2 aliphatic rings. The lowest BCUT2D eigenvalue weighted by molar-refractivity contribution is -0.140. The van der Waals surface area contributed by atoms with Gasteiger partial charge in [0.05, 0.1) is 5.92 Å². The Morgan fingerprint density at radius 3 is 2.75 bits per heavy atom. The van der Waals surface area contributed by atoms with Crippen molar-refractivity contribution in [2.75, 3.05) is 5.32 Å². The van der Waals surface area contributed by atoms with E-state index in [-0.39, 0.29) is 17.8 Å². The number of carbonyl (C=O) groups is 2. The molecule has 0 saturated heterocycles. The molecule has 1 aliphatic heterocycles. The first-order chi connectivity index (χ1) is 9.72. The second kappa shape index (κ2) is 5.65. The summed E-state index contributed by atoms with van der Waals surface area (Å²) in [5.41, 5.74) is 1.87. The first-order valence-electron chi connectivity index (χ1n) is 7.37. The van der Waals surface area contributed by atoms with Crippen molar-refractivity contribution in [3.05, 3.63) is 23.8 Å². The van der Waals surface area contributed by atoms with Crippen LogP contribution in [0.2, 0.25) is 0 Å². The Hall–Kier alpha value is -1.84. The molecular formula is C16H19NO3. The molecule has 1 saturated carbocycles. The maximum Gasteiger partial charge on any atom is 0.314 e. The minimum absolute atomic E-state index is 0.0458. The Labute approximate surface area is 118 Å². The fraction of sp³-hybridized carbons (Fsp3) is 0.500. The number of aryl methyl sites for hydroxylation is 1. The van der Waals surface area contributed by atoms with Crippen LogP contribution in [-0.2, 0) is 16.0 Å². The zero-order chi connectivity index (χ0) is 13.9. The Morgan fingerprint density at radius 1 is 1.15 bits per heavy atom. The molecule has 106 valence electrons. The SMILES string of the molecule is O=C1CCc2cc(OC(=O)C3CCCCC3)ccc2N1. The van der Waals surface area contributed by atoms with E-state index in [4.69, 9.17) is 4.74 Å². The third-order valence-corrected chi connectivity index (χ3v) is 4.13. The number of fused-ring (bicyclic) bond motifs is 1. The molecule has 1 aromatic carbocycles. The van der Waals surface area contributed by atoms with Crippen molar-refractivity contribution >= 4 is 17.6 Å². The van der Waals surface area contributed by atoms with Gasteiger partial charge in [-0.25, -0.2) is 0 Å². The van der Waals surface area contributed by atoms with E-state index in [1.165, 1.54) is 6.42 Å². The van der Waals surface area contributed by atoms with Crippen LogP contribution < -0.4 is 10.1 Å². The van der Waals surface area contributed by atoms with E-state index in [0.29, 0.717) is 18.6 Å². The summed E-state index contributed by atoms with van der Waals surface area (Å²) in [5, 5.41) is 2.82. The van der Waals surface area contributed by atoms with E-state index in [0.717, 1.165) is 36.9 Å². The van der Waals surface area contributed by atoms with Gasteiger partial charge < -0.3 is 10.1 Å². The lowest BCUT2D eigenvalue weighted by Crippen LogP contribution is -2.23. The van der Waals surface area contributed by atoms with Gasteiger partial charge in [0.2, 0.25) is 5.91 Å². The number of hydrogen-bond donors (Lipinski definition) is 1. The zero-order valence-electron chi connectivity index (χ0n) is 11.5. The van der Waals surface area contributed by atoms with Gasteiger partial charge in [-0.2, -0.15) is 0 Å². The third kappa shape index (κ3) is 2.84.